The summed E-state index contributed by atoms with van der Waals surface area (Å²) < 4.78 is 5.18. The second kappa shape index (κ2) is 8.10. The first kappa shape index (κ1) is 18.0. The summed E-state index contributed by atoms with van der Waals surface area (Å²) in [4.78, 5) is 12.8. The molecule has 138 valence electrons. The van der Waals surface area contributed by atoms with Crippen LogP contribution in [0, 0.1) is 0 Å². The van der Waals surface area contributed by atoms with E-state index in [1.54, 1.807) is 7.11 Å². The van der Waals surface area contributed by atoms with E-state index in [0.29, 0.717) is 0 Å². The lowest BCUT2D eigenvalue weighted by Crippen LogP contribution is -1.95. The average molecular weight is 366 g/mol. The van der Waals surface area contributed by atoms with Crippen LogP contribution in [0.5, 0.6) is 5.75 Å². The molecule has 0 unspecified atom stereocenters. The minimum atomic E-state index is 0.156. The third kappa shape index (κ3) is 3.96. The van der Waals surface area contributed by atoms with Gasteiger partial charge >= 0.3 is 0 Å². The molecule has 0 aliphatic heterocycles. The third-order valence-corrected chi connectivity index (χ3v) is 5.06. The van der Waals surface area contributed by atoms with E-state index in [-0.39, 0.29) is 5.78 Å². The van der Waals surface area contributed by atoms with Crippen LogP contribution in [0.4, 0.5) is 0 Å². The van der Waals surface area contributed by atoms with E-state index in [1.807, 2.05) is 54.6 Å². The molecule has 2 nitrogen and oxygen atoms in total. The second-order valence-corrected chi connectivity index (χ2v) is 6.93. The smallest absolute Gasteiger partial charge is 0.185 e. The van der Waals surface area contributed by atoms with Gasteiger partial charge in [0.1, 0.15) is 5.75 Å². The van der Waals surface area contributed by atoms with Crippen LogP contribution < -0.4 is 4.74 Å². The summed E-state index contributed by atoms with van der Waals surface area (Å²) in [6.07, 6.45) is 5.59. The van der Waals surface area contributed by atoms with Crippen LogP contribution in [0.3, 0.4) is 0 Å². The summed E-state index contributed by atoms with van der Waals surface area (Å²) in [6.45, 7) is 0. The SMILES string of the molecule is COc1ccc(/C=C2/CC/C(=C/c3ccc(-c4ccccc4)cc3)C2=O)cc1. The zero-order valence-electron chi connectivity index (χ0n) is 15.9. The highest BCUT2D eigenvalue weighted by Crippen LogP contribution is 2.30. The van der Waals surface area contributed by atoms with E-state index in [1.165, 1.54) is 11.1 Å². The van der Waals surface area contributed by atoms with E-state index in [4.69, 9.17) is 4.74 Å². The Bertz CT molecular complexity index is 1020. The topological polar surface area (TPSA) is 26.3 Å². The number of hydrogen-bond donors (Lipinski definition) is 0. The molecular weight excluding hydrogens is 344 g/mol. The lowest BCUT2D eigenvalue weighted by Gasteiger charge is -2.03. The van der Waals surface area contributed by atoms with Gasteiger partial charge in [0.05, 0.1) is 7.11 Å². The minimum Gasteiger partial charge on any atom is -0.497 e. The van der Waals surface area contributed by atoms with E-state index >= 15 is 0 Å². The fourth-order valence-corrected chi connectivity index (χ4v) is 3.48. The molecule has 3 aromatic carbocycles. The molecule has 0 spiro atoms. The molecule has 1 aliphatic rings. The number of allylic oxidation sites excluding steroid dienone is 2. The zero-order valence-corrected chi connectivity index (χ0v) is 15.9. The molecule has 2 heteroatoms. The standard InChI is InChI=1S/C26H22O2/c1-28-25-15-9-20(10-16-25)18-24-14-13-23(26(24)27)17-19-7-11-22(12-8-19)21-5-3-2-4-6-21/h2-12,15-18H,13-14H2,1H3/b23-17-,24-18-. The van der Waals surface area contributed by atoms with E-state index in [2.05, 4.69) is 36.4 Å². The van der Waals surface area contributed by atoms with Gasteiger partial charge in [0.25, 0.3) is 0 Å². The lowest BCUT2D eigenvalue weighted by atomic mass is 10.0. The van der Waals surface area contributed by atoms with E-state index in [0.717, 1.165) is 40.9 Å². The minimum absolute atomic E-state index is 0.156. The number of rotatable bonds is 4. The molecule has 0 radical (unpaired) electrons. The number of carbonyl (C=O) groups excluding carboxylic acids is 1. The molecule has 28 heavy (non-hydrogen) atoms. The quantitative estimate of drug-likeness (QED) is 0.515. The van der Waals surface area contributed by atoms with Crippen LogP contribution in [0.2, 0.25) is 0 Å². The van der Waals surface area contributed by atoms with Crippen molar-refractivity contribution in [2.45, 2.75) is 12.8 Å². The van der Waals surface area contributed by atoms with Gasteiger partial charge in [-0.25, -0.2) is 0 Å². The Morgan fingerprint density at radius 2 is 1.18 bits per heavy atom. The molecule has 0 bridgehead atoms. The van der Waals surface area contributed by atoms with Crippen molar-refractivity contribution in [3.63, 3.8) is 0 Å². The van der Waals surface area contributed by atoms with Crippen LogP contribution in [0.25, 0.3) is 23.3 Å². The Balaban J connectivity index is 1.51. The van der Waals surface area contributed by atoms with E-state index < -0.39 is 0 Å². The number of ether oxygens (including phenoxy) is 1. The van der Waals surface area contributed by atoms with Crippen molar-refractivity contribution < 1.29 is 9.53 Å². The van der Waals surface area contributed by atoms with Gasteiger partial charge in [-0.3, -0.25) is 4.79 Å². The molecule has 0 N–H and O–H groups in total. The molecule has 0 amide bonds. The highest BCUT2D eigenvalue weighted by molar-refractivity contribution is 6.15. The molecular formula is C26H22O2. The van der Waals surface area contributed by atoms with Crippen LogP contribution in [0.1, 0.15) is 24.0 Å². The number of ketones is 1. The molecule has 3 aromatic rings. The fourth-order valence-electron chi connectivity index (χ4n) is 3.48. The van der Waals surface area contributed by atoms with Crippen LogP contribution in [-0.4, -0.2) is 12.9 Å². The highest BCUT2D eigenvalue weighted by atomic mass is 16.5. The zero-order chi connectivity index (χ0) is 19.3. The largest absolute Gasteiger partial charge is 0.497 e. The number of benzene rings is 3. The Morgan fingerprint density at radius 1 is 0.679 bits per heavy atom. The van der Waals surface area contributed by atoms with Crippen molar-refractivity contribution >= 4 is 17.9 Å². The van der Waals surface area contributed by atoms with Gasteiger partial charge in [0.15, 0.2) is 5.78 Å². The molecule has 0 heterocycles. The van der Waals surface area contributed by atoms with Crippen molar-refractivity contribution in [2.24, 2.45) is 0 Å². The van der Waals surface area contributed by atoms with Crippen molar-refractivity contribution in [1.82, 2.24) is 0 Å². The first-order chi connectivity index (χ1) is 13.7. The summed E-state index contributed by atoms with van der Waals surface area (Å²) in [5.41, 5.74) is 6.22. The first-order valence-electron chi connectivity index (χ1n) is 9.48. The molecule has 0 atom stereocenters. The normalized spacial score (nSPS) is 16.7. The van der Waals surface area contributed by atoms with Gasteiger partial charge in [0.2, 0.25) is 0 Å². The van der Waals surface area contributed by atoms with Gasteiger partial charge < -0.3 is 4.74 Å². The molecule has 1 fully saturated rings. The molecule has 1 saturated carbocycles. The predicted molar refractivity (Wildman–Crippen MR) is 115 cm³/mol. The van der Waals surface area contributed by atoms with Crippen LogP contribution in [0.15, 0.2) is 90.0 Å². The number of carbonyl (C=O) groups is 1. The molecule has 0 aromatic heterocycles. The van der Waals surface area contributed by atoms with Gasteiger partial charge in [0, 0.05) is 11.1 Å². The average Bonchev–Trinajstić information content (AvgIpc) is 3.09. The van der Waals surface area contributed by atoms with Gasteiger partial charge in [-0.15, -0.1) is 0 Å². The number of Topliss-reactive ketones (excluding diaryl/α,β-unsaturated/α-hetero) is 1. The Kier molecular flexibility index (Phi) is 5.20. The second-order valence-electron chi connectivity index (χ2n) is 6.93. The van der Waals surface area contributed by atoms with E-state index in [9.17, 15) is 4.79 Å². The number of methoxy groups -OCH3 is 1. The lowest BCUT2D eigenvalue weighted by molar-refractivity contribution is -0.111. The maximum Gasteiger partial charge on any atom is 0.185 e. The maximum absolute atomic E-state index is 12.8. The fraction of sp³-hybridized carbons (Fsp3) is 0.115. The Hall–Kier alpha value is -3.39. The first-order valence-corrected chi connectivity index (χ1v) is 9.48. The summed E-state index contributed by atoms with van der Waals surface area (Å²) >= 11 is 0. The predicted octanol–water partition coefficient (Wildman–Crippen LogP) is 6.19. The Labute approximate surface area is 165 Å². The van der Waals surface area contributed by atoms with Gasteiger partial charge in [-0.05, 0) is 59.4 Å². The molecule has 0 saturated heterocycles. The summed E-state index contributed by atoms with van der Waals surface area (Å²) in [5, 5.41) is 0. The monoisotopic (exact) mass is 366 g/mol. The van der Waals surface area contributed by atoms with Crippen molar-refractivity contribution in [3.8, 4) is 16.9 Å². The summed E-state index contributed by atoms with van der Waals surface area (Å²) in [6, 6.07) is 26.4. The third-order valence-electron chi connectivity index (χ3n) is 5.06. The number of hydrogen-bond acceptors (Lipinski definition) is 2. The Morgan fingerprint density at radius 3 is 1.71 bits per heavy atom. The molecule has 4 rings (SSSR count). The van der Waals surface area contributed by atoms with Crippen LogP contribution in [-0.2, 0) is 4.79 Å². The summed E-state index contributed by atoms with van der Waals surface area (Å²) in [5.74, 6) is 0.974. The maximum atomic E-state index is 12.8. The van der Waals surface area contributed by atoms with Crippen LogP contribution >= 0.6 is 0 Å². The summed E-state index contributed by atoms with van der Waals surface area (Å²) in [7, 11) is 1.65. The molecule has 1 aliphatic carbocycles. The van der Waals surface area contributed by atoms with Gasteiger partial charge in [-0.1, -0.05) is 66.7 Å². The van der Waals surface area contributed by atoms with Crippen molar-refractivity contribution in [2.75, 3.05) is 7.11 Å². The van der Waals surface area contributed by atoms with Crippen molar-refractivity contribution in [1.29, 1.82) is 0 Å². The highest BCUT2D eigenvalue weighted by Gasteiger charge is 2.22. The van der Waals surface area contributed by atoms with Gasteiger partial charge in [-0.2, -0.15) is 0 Å². The van der Waals surface area contributed by atoms with Crippen molar-refractivity contribution in [3.05, 3.63) is 101 Å².